The van der Waals surface area contributed by atoms with Gasteiger partial charge in [-0.05, 0) is 63.5 Å². The van der Waals surface area contributed by atoms with Crippen molar-refractivity contribution in [2.45, 2.75) is 46.1 Å². The van der Waals surface area contributed by atoms with Crippen molar-refractivity contribution in [3.8, 4) is 0 Å². The molecule has 4 heteroatoms. The number of para-hydroxylation sites is 1. The van der Waals surface area contributed by atoms with Crippen LogP contribution < -0.4 is 10.5 Å². The summed E-state index contributed by atoms with van der Waals surface area (Å²) in [4.78, 5) is 22.6. The Morgan fingerprint density at radius 3 is 2.72 bits per heavy atom. The van der Waals surface area contributed by atoms with Crippen molar-refractivity contribution < 1.29 is 0 Å². The van der Waals surface area contributed by atoms with Crippen LogP contribution in [0.3, 0.4) is 0 Å². The lowest BCUT2D eigenvalue weighted by Crippen LogP contribution is -2.40. The summed E-state index contributed by atoms with van der Waals surface area (Å²) in [6.45, 7) is 10.6. The van der Waals surface area contributed by atoms with E-state index in [1.54, 1.807) is 6.07 Å². The average molecular weight is 428 g/mol. The van der Waals surface area contributed by atoms with Gasteiger partial charge in [0.1, 0.15) is 5.54 Å². The molecular formula is C28H33N3O. The zero-order valence-corrected chi connectivity index (χ0v) is 19.6. The fraction of sp³-hybridized carbons (Fsp3) is 0.357. The summed E-state index contributed by atoms with van der Waals surface area (Å²) in [7, 11) is 0. The number of allylic oxidation sites excluding steroid dienone is 3. The highest BCUT2D eigenvalue weighted by Crippen LogP contribution is 2.51. The minimum absolute atomic E-state index is 0.0431. The lowest BCUT2D eigenvalue weighted by Gasteiger charge is -2.45. The molecule has 4 rings (SSSR count). The van der Waals surface area contributed by atoms with Crippen LogP contribution in [0.2, 0.25) is 0 Å². The van der Waals surface area contributed by atoms with Gasteiger partial charge in [-0.2, -0.15) is 0 Å². The number of aliphatic imine (C=N–C) groups is 1. The number of rotatable bonds is 6. The molecule has 0 saturated carbocycles. The molecular weight excluding hydrogens is 394 g/mol. The highest BCUT2D eigenvalue weighted by atomic mass is 16.1. The van der Waals surface area contributed by atoms with Crippen molar-refractivity contribution in [1.29, 1.82) is 0 Å². The summed E-state index contributed by atoms with van der Waals surface area (Å²) >= 11 is 0. The van der Waals surface area contributed by atoms with Gasteiger partial charge >= 0.3 is 0 Å². The van der Waals surface area contributed by atoms with Crippen LogP contribution in [0, 0.1) is 5.92 Å². The third-order valence-corrected chi connectivity index (χ3v) is 6.78. The summed E-state index contributed by atoms with van der Waals surface area (Å²) in [6, 6.07) is 12.1. The fourth-order valence-corrected chi connectivity index (χ4v) is 5.45. The fourth-order valence-electron chi connectivity index (χ4n) is 5.45. The van der Waals surface area contributed by atoms with Crippen LogP contribution in [0.1, 0.15) is 50.9 Å². The Kier molecular flexibility index (Phi) is 6.31. The van der Waals surface area contributed by atoms with E-state index in [0.717, 1.165) is 37.2 Å². The number of nitrogens with zero attached hydrogens (tertiary/aromatic N) is 2. The molecule has 32 heavy (non-hydrogen) atoms. The monoisotopic (exact) mass is 427 g/mol. The van der Waals surface area contributed by atoms with E-state index >= 15 is 0 Å². The van der Waals surface area contributed by atoms with Crippen molar-refractivity contribution in [1.82, 2.24) is 4.98 Å². The van der Waals surface area contributed by atoms with Gasteiger partial charge in [-0.15, -0.1) is 0 Å². The van der Waals surface area contributed by atoms with Crippen molar-refractivity contribution in [2.24, 2.45) is 10.9 Å². The minimum Gasteiger partial charge on any atom is -0.372 e. The quantitative estimate of drug-likeness (QED) is 0.477. The first-order chi connectivity index (χ1) is 15.5. The number of nitrogens with one attached hydrogen (secondary N) is 1. The largest absolute Gasteiger partial charge is 0.372 e. The molecule has 4 nitrogen and oxygen atoms in total. The molecule has 1 heterocycles. The number of H-pyrrole nitrogens is 1. The maximum atomic E-state index is 12.0. The zero-order valence-electron chi connectivity index (χ0n) is 19.6. The van der Waals surface area contributed by atoms with E-state index in [9.17, 15) is 4.79 Å². The van der Waals surface area contributed by atoms with Crippen LogP contribution in [-0.4, -0.2) is 24.3 Å². The number of hydrogen-bond donors (Lipinski definition) is 1. The lowest BCUT2D eigenvalue weighted by molar-refractivity contribution is 0.413. The minimum atomic E-state index is -0.446. The molecule has 0 spiro atoms. The summed E-state index contributed by atoms with van der Waals surface area (Å²) in [6.07, 6.45) is 12.4. The molecule has 0 unspecified atom stereocenters. The predicted molar refractivity (Wildman–Crippen MR) is 136 cm³/mol. The van der Waals surface area contributed by atoms with Gasteiger partial charge in [0.15, 0.2) is 0 Å². The van der Waals surface area contributed by atoms with Gasteiger partial charge in [-0.25, -0.2) is 0 Å². The van der Waals surface area contributed by atoms with Crippen LogP contribution >= 0.6 is 0 Å². The molecule has 0 aliphatic heterocycles. The van der Waals surface area contributed by atoms with Gasteiger partial charge in [0.25, 0.3) is 0 Å². The van der Waals surface area contributed by atoms with Gasteiger partial charge in [0.05, 0.1) is 0 Å². The van der Waals surface area contributed by atoms with Gasteiger partial charge < -0.3 is 9.88 Å². The maximum absolute atomic E-state index is 12.0. The highest BCUT2D eigenvalue weighted by molar-refractivity contribution is 5.82. The Hall–Kier alpha value is -3.14. The molecule has 1 aromatic heterocycles. The summed E-state index contributed by atoms with van der Waals surface area (Å²) in [5.74, 6) is 0.281. The lowest BCUT2D eigenvalue weighted by atomic mass is 9.63. The molecule has 2 bridgehead atoms. The van der Waals surface area contributed by atoms with E-state index in [4.69, 9.17) is 4.99 Å². The standard InChI is InChI=1S/C28H33N3O/c1-5-23-22-17-20(4)19-28(23,24-14-15-27(32)30-25(24)18-22)29-16-10-12-21-11-8-9-13-26(21)31(6-2)7-3/h5,8-17,22H,6-7,18-19H2,1-4H3,(H,30,32)/t22-,28+/m0/s1. The van der Waals surface area contributed by atoms with Crippen LogP contribution in [0.25, 0.3) is 6.08 Å². The van der Waals surface area contributed by atoms with E-state index in [2.05, 4.69) is 80.1 Å². The molecule has 0 fully saturated rings. The van der Waals surface area contributed by atoms with Crippen LogP contribution in [0.4, 0.5) is 5.69 Å². The number of aromatic amines is 1. The second kappa shape index (κ2) is 9.15. The highest BCUT2D eigenvalue weighted by Gasteiger charge is 2.46. The Morgan fingerprint density at radius 1 is 1.19 bits per heavy atom. The summed E-state index contributed by atoms with van der Waals surface area (Å²) in [5, 5.41) is 0. The number of pyridine rings is 1. The van der Waals surface area contributed by atoms with Crippen molar-refractivity contribution in [3.05, 3.63) is 92.9 Å². The average Bonchev–Trinajstić information content (AvgIpc) is 2.77. The topological polar surface area (TPSA) is 48.5 Å². The Bertz CT molecular complexity index is 1160. The van der Waals surface area contributed by atoms with E-state index in [1.165, 1.54) is 22.4 Å². The van der Waals surface area contributed by atoms with Crippen molar-refractivity contribution in [2.75, 3.05) is 18.0 Å². The molecule has 2 aromatic rings. The molecule has 2 atom stereocenters. The summed E-state index contributed by atoms with van der Waals surface area (Å²) in [5.41, 5.74) is 6.77. The number of aromatic nitrogens is 1. The SMILES string of the molecule is CC=C1[C@H]2C=C(C)C[C@]1(N=CC=Cc1ccccc1N(CC)CC)c1ccc(=O)[nH]c1C2. The van der Waals surface area contributed by atoms with E-state index in [-0.39, 0.29) is 11.5 Å². The molecule has 0 radical (unpaired) electrons. The molecule has 2 aliphatic rings. The predicted octanol–water partition coefficient (Wildman–Crippen LogP) is 5.67. The molecule has 166 valence electrons. The number of anilines is 1. The molecule has 1 aromatic carbocycles. The second-order valence-electron chi connectivity index (χ2n) is 8.69. The Labute approximate surface area is 191 Å². The third kappa shape index (κ3) is 3.90. The normalized spacial score (nSPS) is 23.6. The van der Waals surface area contributed by atoms with Crippen LogP contribution in [0.15, 0.2) is 75.6 Å². The number of benzene rings is 1. The van der Waals surface area contributed by atoms with Crippen LogP contribution in [0.5, 0.6) is 0 Å². The zero-order chi connectivity index (χ0) is 22.7. The smallest absolute Gasteiger partial charge is 0.248 e. The summed E-state index contributed by atoms with van der Waals surface area (Å²) < 4.78 is 0. The van der Waals surface area contributed by atoms with Gasteiger partial charge in [-0.3, -0.25) is 9.79 Å². The van der Waals surface area contributed by atoms with Gasteiger partial charge in [-0.1, -0.05) is 42.0 Å². The molecule has 0 amide bonds. The first kappa shape index (κ1) is 22.1. The first-order valence-corrected chi connectivity index (χ1v) is 11.6. The van der Waals surface area contributed by atoms with E-state index in [0.29, 0.717) is 0 Å². The second-order valence-corrected chi connectivity index (χ2v) is 8.69. The van der Waals surface area contributed by atoms with Gasteiger partial charge in [0, 0.05) is 54.7 Å². The van der Waals surface area contributed by atoms with Crippen molar-refractivity contribution >= 4 is 18.0 Å². The molecule has 2 aliphatic carbocycles. The maximum Gasteiger partial charge on any atom is 0.248 e. The number of fused-ring (bicyclic) bond motifs is 4. The van der Waals surface area contributed by atoms with E-state index < -0.39 is 5.54 Å². The number of hydrogen-bond acceptors (Lipinski definition) is 3. The first-order valence-electron chi connectivity index (χ1n) is 11.6. The Balaban J connectivity index is 1.73. The van der Waals surface area contributed by atoms with Crippen molar-refractivity contribution in [3.63, 3.8) is 0 Å². The third-order valence-electron chi connectivity index (χ3n) is 6.78. The van der Waals surface area contributed by atoms with Crippen LogP contribution in [-0.2, 0) is 12.0 Å². The van der Waals surface area contributed by atoms with Gasteiger partial charge in [0.2, 0.25) is 5.56 Å². The molecule has 0 saturated heterocycles. The molecule has 1 N–H and O–H groups in total. The Morgan fingerprint density at radius 2 is 1.97 bits per heavy atom. The van der Waals surface area contributed by atoms with E-state index in [1.807, 2.05) is 18.4 Å².